The maximum Gasteiger partial charge on any atom is 0.306 e. The molecular formula is C44H40FN3O7S. The molecule has 0 fully saturated rings. The van der Waals surface area contributed by atoms with Crippen LogP contribution in [0.2, 0.25) is 0 Å². The van der Waals surface area contributed by atoms with Crippen LogP contribution in [0.25, 0.3) is 17.2 Å². The number of hydrogen-bond acceptors (Lipinski definition) is 8. The minimum Gasteiger partial charge on any atom is -0.481 e. The lowest BCUT2D eigenvalue weighted by molar-refractivity contribution is -0.142. The quantitative estimate of drug-likeness (QED) is 0.115. The van der Waals surface area contributed by atoms with Crippen LogP contribution in [-0.4, -0.2) is 60.5 Å². The molecular weight excluding hydrogens is 734 g/mol. The second-order valence-corrected chi connectivity index (χ2v) is 15.6. The number of halogens is 1. The summed E-state index contributed by atoms with van der Waals surface area (Å²) in [5, 5.41) is 9.46. The number of carboxylic acid groups (broad SMARTS) is 1. The van der Waals surface area contributed by atoms with Crippen molar-refractivity contribution in [2.75, 3.05) is 6.26 Å². The summed E-state index contributed by atoms with van der Waals surface area (Å²) in [4.78, 5) is 76.1. The van der Waals surface area contributed by atoms with Crippen LogP contribution in [0.1, 0.15) is 100 Å². The number of carboxylic acids is 1. The predicted octanol–water partition coefficient (Wildman–Crippen LogP) is 7.30. The van der Waals surface area contributed by atoms with E-state index in [4.69, 9.17) is 0 Å². The van der Waals surface area contributed by atoms with E-state index in [2.05, 4.69) is 15.0 Å². The number of nitrogens with zero attached hydrogens (tertiary/aromatic N) is 3. The third-order valence-corrected chi connectivity index (χ3v) is 11.0. The summed E-state index contributed by atoms with van der Waals surface area (Å²) in [5.41, 5.74) is 7.62. The minimum absolute atomic E-state index is 0.0250. The first-order valence-electron chi connectivity index (χ1n) is 18.2. The van der Waals surface area contributed by atoms with E-state index in [0.29, 0.717) is 51.5 Å². The van der Waals surface area contributed by atoms with E-state index in [1.54, 1.807) is 54.9 Å². The van der Waals surface area contributed by atoms with Crippen molar-refractivity contribution < 1.29 is 37.7 Å². The Morgan fingerprint density at radius 3 is 2.38 bits per heavy atom. The molecule has 2 heterocycles. The number of aryl methyl sites for hydroxylation is 2. The second-order valence-electron chi connectivity index (χ2n) is 14.2. The monoisotopic (exact) mass is 773 g/mol. The van der Waals surface area contributed by atoms with Crippen LogP contribution in [0.15, 0.2) is 88.4 Å². The first kappa shape index (κ1) is 39.8. The molecule has 1 amide bonds. The van der Waals surface area contributed by atoms with Crippen molar-refractivity contribution in [2.45, 2.75) is 70.1 Å². The Morgan fingerprint density at radius 1 is 0.964 bits per heavy atom. The van der Waals surface area contributed by atoms with Crippen LogP contribution in [0.5, 0.6) is 0 Å². The summed E-state index contributed by atoms with van der Waals surface area (Å²) in [6, 6.07) is 18.8. The summed E-state index contributed by atoms with van der Waals surface area (Å²) >= 11 is 0. The Balaban J connectivity index is 1.07. The number of carbonyl (C=O) groups excluding carboxylic acids is 4. The molecule has 1 aliphatic heterocycles. The van der Waals surface area contributed by atoms with Gasteiger partial charge >= 0.3 is 5.97 Å². The van der Waals surface area contributed by atoms with Crippen LogP contribution < -0.4 is 0 Å². The summed E-state index contributed by atoms with van der Waals surface area (Å²) < 4.78 is 26.3. The molecule has 0 radical (unpaired) electrons. The van der Waals surface area contributed by atoms with Crippen molar-refractivity contribution in [2.24, 2.45) is 10.9 Å². The van der Waals surface area contributed by atoms with Crippen molar-refractivity contribution in [3.8, 4) is 0 Å². The van der Waals surface area contributed by atoms with Gasteiger partial charge in [-0.3, -0.25) is 28.4 Å². The maximum atomic E-state index is 14.5. The SMILES string of the molecule is CC(=O)CCC(CC(=O)c1ccc(CCc2cnc3c(n2)C(=O)N=C(CC(=O)CC2=C(C)/C(=C/c4ccc(S(C)=O)cc4)c4ccc(F)cc42)C3)cc1)C(=O)O. The van der Waals surface area contributed by atoms with Crippen LogP contribution in [0.3, 0.4) is 0 Å². The fourth-order valence-corrected chi connectivity index (χ4v) is 7.48. The number of carbonyl (C=O) groups is 5. The van der Waals surface area contributed by atoms with Crippen molar-refractivity contribution in [1.29, 1.82) is 0 Å². The number of amides is 1. The highest BCUT2D eigenvalue weighted by atomic mass is 32.2. The zero-order valence-electron chi connectivity index (χ0n) is 31.3. The number of aliphatic carboxylic acids is 1. The van der Waals surface area contributed by atoms with E-state index >= 15 is 0 Å². The fraction of sp³-hybridized carbons (Fsp3) is 0.273. The molecule has 1 N–H and O–H groups in total. The van der Waals surface area contributed by atoms with E-state index in [-0.39, 0.29) is 61.6 Å². The summed E-state index contributed by atoms with van der Waals surface area (Å²) in [7, 11) is -1.10. The lowest BCUT2D eigenvalue weighted by atomic mass is 9.93. The number of hydrogen-bond donors (Lipinski definition) is 1. The zero-order chi connectivity index (χ0) is 40.1. The first-order chi connectivity index (χ1) is 26.7. The van der Waals surface area contributed by atoms with Crippen LogP contribution in [0, 0.1) is 11.7 Å². The number of aromatic nitrogens is 2. The van der Waals surface area contributed by atoms with Gasteiger partial charge in [0.1, 0.15) is 17.4 Å². The Hall–Kier alpha value is -5.88. The Bertz CT molecular complexity index is 2380. The smallest absolute Gasteiger partial charge is 0.306 e. The minimum atomic E-state index is -1.10. The average molecular weight is 774 g/mol. The topological polar surface area (TPSA) is 161 Å². The van der Waals surface area contributed by atoms with Gasteiger partial charge < -0.3 is 9.90 Å². The highest BCUT2D eigenvalue weighted by Crippen LogP contribution is 2.44. The molecule has 286 valence electrons. The van der Waals surface area contributed by atoms with Gasteiger partial charge in [-0.15, -0.1) is 0 Å². The van der Waals surface area contributed by atoms with Crippen molar-refractivity contribution >= 4 is 63.0 Å². The number of allylic oxidation sites excluding steroid dienone is 3. The summed E-state index contributed by atoms with van der Waals surface area (Å²) in [6.07, 6.45) is 6.37. The predicted molar refractivity (Wildman–Crippen MR) is 211 cm³/mol. The van der Waals surface area contributed by atoms with Gasteiger partial charge in [-0.2, -0.15) is 0 Å². The third kappa shape index (κ3) is 9.49. The van der Waals surface area contributed by atoms with Crippen LogP contribution in [0.4, 0.5) is 4.39 Å². The van der Waals surface area contributed by atoms with Gasteiger partial charge in [-0.1, -0.05) is 42.5 Å². The largest absolute Gasteiger partial charge is 0.481 e. The molecule has 2 aliphatic rings. The van der Waals surface area contributed by atoms with E-state index in [9.17, 15) is 37.7 Å². The molecule has 0 bridgehead atoms. The van der Waals surface area contributed by atoms with Crippen molar-refractivity contribution in [1.82, 2.24) is 9.97 Å². The van der Waals surface area contributed by atoms with Gasteiger partial charge in [-0.05, 0) is 102 Å². The number of benzene rings is 3. The molecule has 2 atom stereocenters. The normalized spacial score (nSPS) is 15.2. The second kappa shape index (κ2) is 17.3. The maximum absolute atomic E-state index is 14.5. The van der Waals surface area contributed by atoms with Crippen molar-refractivity contribution in [3.63, 3.8) is 0 Å². The van der Waals surface area contributed by atoms with Crippen LogP contribution >= 0.6 is 0 Å². The van der Waals surface area contributed by atoms with E-state index in [1.165, 1.54) is 19.1 Å². The van der Waals surface area contributed by atoms with E-state index in [1.807, 2.05) is 25.1 Å². The van der Waals surface area contributed by atoms with Gasteiger partial charge in [0.25, 0.3) is 5.91 Å². The van der Waals surface area contributed by atoms with E-state index < -0.39 is 34.4 Å². The van der Waals surface area contributed by atoms with Gasteiger partial charge in [0, 0.05) is 71.5 Å². The molecule has 12 heteroatoms. The molecule has 1 aromatic heterocycles. The molecule has 6 rings (SSSR count). The zero-order valence-corrected chi connectivity index (χ0v) is 32.1. The molecule has 10 nitrogen and oxygen atoms in total. The number of ketones is 3. The van der Waals surface area contributed by atoms with Gasteiger partial charge in [-0.25, -0.2) is 14.4 Å². The van der Waals surface area contributed by atoms with Crippen molar-refractivity contribution in [3.05, 3.63) is 129 Å². The number of rotatable bonds is 16. The summed E-state index contributed by atoms with van der Waals surface area (Å²) in [6.45, 7) is 3.29. The lowest BCUT2D eigenvalue weighted by Crippen LogP contribution is -2.22. The molecule has 2 unspecified atom stereocenters. The van der Waals surface area contributed by atoms with E-state index in [0.717, 1.165) is 27.8 Å². The molecule has 4 aromatic rings. The third-order valence-electron chi connectivity index (χ3n) is 10.1. The highest BCUT2D eigenvalue weighted by Gasteiger charge is 2.29. The fourth-order valence-electron chi connectivity index (χ4n) is 6.96. The molecule has 3 aromatic carbocycles. The number of Topliss-reactive ketones (excluding diaryl/α,β-unsaturated/α-hetero) is 3. The van der Waals surface area contributed by atoms with Gasteiger partial charge in [0.15, 0.2) is 11.5 Å². The molecule has 0 saturated heterocycles. The van der Waals surface area contributed by atoms with Gasteiger partial charge in [0.05, 0.1) is 17.3 Å². The Labute approximate surface area is 326 Å². The standard InChI is InChI=1S/C44H40FN3O7S/c1-25(49)4-10-30(44(53)54)19-41(51)29-11-5-27(6-12-29)7-14-32-24-46-40-22-33(48-43(52)42(40)47-32)21-34(50)23-38-26(2)37(36-17-13-31(45)20-39(36)38)18-28-8-15-35(16-9-28)56(3)55/h5-6,8-9,11-13,15-18,20,24,30H,4,7,10,14,19,21-23H2,1-3H3,(H,53,54)/b37-18-. The molecule has 0 saturated carbocycles. The van der Waals surface area contributed by atoms with Gasteiger partial charge in [0.2, 0.25) is 0 Å². The summed E-state index contributed by atoms with van der Waals surface area (Å²) in [5.74, 6) is -3.61. The molecule has 1 aliphatic carbocycles. The Morgan fingerprint density at radius 2 is 1.70 bits per heavy atom. The number of fused-ring (bicyclic) bond motifs is 2. The molecule has 56 heavy (non-hydrogen) atoms. The first-order valence-corrected chi connectivity index (χ1v) is 19.8. The lowest BCUT2D eigenvalue weighted by Gasteiger charge is -2.15. The highest BCUT2D eigenvalue weighted by molar-refractivity contribution is 7.84. The molecule has 0 spiro atoms. The Kier molecular flexibility index (Phi) is 12.3. The van der Waals surface area contributed by atoms with Crippen LogP contribution in [-0.2, 0) is 44.4 Å². The number of aliphatic imine (C=N–C) groups is 1. The average Bonchev–Trinajstić information content (AvgIpc) is 3.40.